The van der Waals surface area contributed by atoms with Crippen molar-refractivity contribution in [2.75, 3.05) is 19.6 Å². The summed E-state index contributed by atoms with van der Waals surface area (Å²) in [4.78, 5) is 14.2. The van der Waals surface area contributed by atoms with Gasteiger partial charge >= 0.3 is 0 Å². The fourth-order valence-electron chi connectivity index (χ4n) is 2.62. The van der Waals surface area contributed by atoms with Gasteiger partial charge in [-0.3, -0.25) is 4.79 Å². The third kappa shape index (κ3) is 4.53. The molecular formula is C16H26N2O2S. The molecule has 2 rings (SSSR count). The highest BCUT2D eigenvalue weighted by atomic mass is 32.1. The van der Waals surface area contributed by atoms with Crippen molar-refractivity contribution >= 4 is 17.2 Å². The summed E-state index contributed by atoms with van der Waals surface area (Å²) in [6, 6.07) is 2.35. The van der Waals surface area contributed by atoms with Gasteiger partial charge in [0.25, 0.3) is 0 Å². The van der Waals surface area contributed by atoms with Crippen LogP contribution in [0.25, 0.3) is 0 Å². The van der Waals surface area contributed by atoms with Gasteiger partial charge in [-0.1, -0.05) is 20.8 Å². The maximum Gasteiger partial charge on any atom is 0.227 e. The lowest BCUT2D eigenvalue weighted by Gasteiger charge is -2.36. The summed E-state index contributed by atoms with van der Waals surface area (Å²) in [6.45, 7) is 8.10. The minimum Gasteiger partial charge on any atom is -0.387 e. The topological polar surface area (TPSA) is 52.6 Å². The Morgan fingerprint density at radius 2 is 2.14 bits per heavy atom. The summed E-state index contributed by atoms with van der Waals surface area (Å²) in [5.41, 5.74) is 0.683. The zero-order chi connectivity index (χ0) is 15.5. The molecule has 0 spiro atoms. The lowest BCUT2D eigenvalue weighted by molar-refractivity contribution is -0.140. The molecule has 1 aromatic heterocycles. The van der Waals surface area contributed by atoms with Crippen LogP contribution in [-0.4, -0.2) is 41.6 Å². The van der Waals surface area contributed by atoms with Gasteiger partial charge in [0.2, 0.25) is 5.91 Å². The van der Waals surface area contributed by atoms with Gasteiger partial charge in [-0.15, -0.1) is 0 Å². The van der Waals surface area contributed by atoms with Gasteiger partial charge in [0.05, 0.1) is 6.10 Å². The van der Waals surface area contributed by atoms with E-state index in [1.54, 1.807) is 11.3 Å². The van der Waals surface area contributed by atoms with Crippen LogP contribution in [0.2, 0.25) is 0 Å². The third-order valence-corrected chi connectivity index (χ3v) is 4.65. The molecule has 0 bridgehead atoms. The van der Waals surface area contributed by atoms with Crippen LogP contribution in [0, 0.1) is 5.41 Å². The van der Waals surface area contributed by atoms with Crippen LogP contribution in [0.15, 0.2) is 16.8 Å². The second-order valence-electron chi connectivity index (χ2n) is 6.80. The van der Waals surface area contributed by atoms with Crippen molar-refractivity contribution in [1.29, 1.82) is 0 Å². The molecule has 1 aliphatic rings. The van der Waals surface area contributed by atoms with Crippen LogP contribution >= 0.6 is 11.3 Å². The second-order valence-corrected chi connectivity index (χ2v) is 7.58. The number of carbonyl (C=O) groups excluding carboxylic acids is 1. The third-order valence-electron chi connectivity index (χ3n) is 3.95. The molecule has 2 N–H and O–H groups in total. The maximum absolute atomic E-state index is 12.2. The minimum atomic E-state index is -0.439. The first-order valence-corrected chi connectivity index (χ1v) is 8.55. The van der Waals surface area contributed by atoms with E-state index >= 15 is 0 Å². The predicted molar refractivity (Wildman–Crippen MR) is 86.3 cm³/mol. The standard InChI is InChI=1S/C16H26N2O2S/c1-16(2,3)15(20)18-7-4-13(5-8-18)17-10-14(19)12-6-9-21-11-12/h6,9,11,13-14,17,19H,4-5,7-8,10H2,1-3H3. The van der Waals surface area contributed by atoms with Crippen molar-refractivity contribution in [3.8, 4) is 0 Å². The van der Waals surface area contributed by atoms with E-state index in [1.807, 2.05) is 42.5 Å². The number of amides is 1. The van der Waals surface area contributed by atoms with Gasteiger partial charge in [0.15, 0.2) is 0 Å². The quantitative estimate of drug-likeness (QED) is 0.898. The monoisotopic (exact) mass is 310 g/mol. The summed E-state index contributed by atoms with van der Waals surface area (Å²) in [6.07, 6.45) is 1.47. The summed E-state index contributed by atoms with van der Waals surface area (Å²) in [7, 11) is 0. The van der Waals surface area contributed by atoms with E-state index < -0.39 is 6.10 Å². The van der Waals surface area contributed by atoms with Crippen molar-refractivity contribution in [2.24, 2.45) is 5.41 Å². The molecule has 4 nitrogen and oxygen atoms in total. The minimum absolute atomic E-state index is 0.235. The molecule has 1 atom stereocenters. The van der Waals surface area contributed by atoms with Gasteiger partial charge in [0.1, 0.15) is 0 Å². The fourth-order valence-corrected chi connectivity index (χ4v) is 3.33. The molecule has 1 aromatic rings. The number of rotatable bonds is 4. The molecule has 1 amide bonds. The first-order chi connectivity index (χ1) is 9.88. The number of likely N-dealkylation sites (tertiary alicyclic amines) is 1. The van der Waals surface area contributed by atoms with Gasteiger partial charge in [-0.05, 0) is 35.2 Å². The van der Waals surface area contributed by atoms with Crippen LogP contribution in [-0.2, 0) is 4.79 Å². The molecule has 21 heavy (non-hydrogen) atoms. The van der Waals surface area contributed by atoms with Gasteiger partial charge in [-0.2, -0.15) is 11.3 Å². The average molecular weight is 310 g/mol. The van der Waals surface area contributed by atoms with Crippen LogP contribution < -0.4 is 5.32 Å². The molecule has 1 aliphatic heterocycles. The van der Waals surface area contributed by atoms with Gasteiger partial charge < -0.3 is 15.3 Å². The summed E-state index contributed by atoms with van der Waals surface area (Å²) in [5.74, 6) is 0.235. The SMILES string of the molecule is CC(C)(C)C(=O)N1CCC(NCC(O)c2ccsc2)CC1. The highest BCUT2D eigenvalue weighted by Crippen LogP contribution is 2.21. The second kappa shape index (κ2) is 6.90. The van der Waals surface area contributed by atoms with Crippen molar-refractivity contribution in [1.82, 2.24) is 10.2 Å². The number of hydrogen-bond acceptors (Lipinski definition) is 4. The highest BCUT2D eigenvalue weighted by molar-refractivity contribution is 7.07. The smallest absolute Gasteiger partial charge is 0.227 e. The Bertz CT molecular complexity index is 445. The number of thiophene rings is 1. The first kappa shape index (κ1) is 16.5. The summed E-state index contributed by atoms with van der Waals surface area (Å²) < 4.78 is 0. The number of aliphatic hydroxyl groups excluding tert-OH is 1. The molecule has 5 heteroatoms. The van der Waals surface area contributed by atoms with Gasteiger partial charge in [-0.25, -0.2) is 0 Å². The average Bonchev–Trinajstić information content (AvgIpc) is 2.98. The van der Waals surface area contributed by atoms with E-state index in [4.69, 9.17) is 0 Å². The Balaban J connectivity index is 1.73. The molecule has 118 valence electrons. The predicted octanol–water partition coefficient (Wildman–Crippen LogP) is 2.41. The number of nitrogens with one attached hydrogen (secondary N) is 1. The molecule has 1 unspecified atom stereocenters. The molecular weight excluding hydrogens is 284 g/mol. The summed E-state index contributed by atoms with van der Waals surface area (Å²) >= 11 is 1.60. The number of piperidine rings is 1. The number of carbonyl (C=O) groups is 1. The van der Waals surface area contributed by atoms with Crippen molar-refractivity contribution in [2.45, 2.75) is 45.8 Å². The Labute approximate surface area is 131 Å². The van der Waals surface area contributed by atoms with E-state index in [0.717, 1.165) is 31.5 Å². The lowest BCUT2D eigenvalue weighted by atomic mass is 9.93. The number of hydrogen-bond donors (Lipinski definition) is 2. The Morgan fingerprint density at radius 3 is 2.67 bits per heavy atom. The van der Waals surface area contributed by atoms with Crippen LogP contribution in [0.1, 0.15) is 45.3 Å². The van der Waals surface area contributed by atoms with Gasteiger partial charge in [0, 0.05) is 31.1 Å². The maximum atomic E-state index is 12.2. The number of nitrogens with zero attached hydrogens (tertiary/aromatic N) is 1. The molecule has 1 saturated heterocycles. The molecule has 0 radical (unpaired) electrons. The highest BCUT2D eigenvalue weighted by Gasteiger charge is 2.30. The first-order valence-electron chi connectivity index (χ1n) is 7.61. The molecule has 0 aromatic carbocycles. The Morgan fingerprint density at radius 1 is 1.48 bits per heavy atom. The van der Waals surface area contributed by atoms with E-state index in [-0.39, 0.29) is 11.3 Å². The van der Waals surface area contributed by atoms with Crippen molar-refractivity contribution in [3.63, 3.8) is 0 Å². The normalized spacial score (nSPS) is 18.8. The number of aliphatic hydroxyl groups is 1. The van der Waals surface area contributed by atoms with E-state index in [9.17, 15) is 9.90 Å². The molecule has 0 aliphatic carbocycles. The fraction of sp³-hybridized carbons (Fsp3) is 0.688. The summed E-state index contributed by atoms with van der Waals surface area (Å²) in [5, 5.41) is 17.5. The van der Waals surface area contributed by atoms with Crippen LogP contribution in [0.4, 0.5) is 0 Å². The Kier molecular flexibility index (Phi) is 5.41. The molecule has 1 fully saturated rings. The molecule has 0 saturated carbocycles. The van der Waals surface area contributed by atoms with Crippen molar-refractivity contribution in [3.05, 3.63) is 22.4 Å². The van der Waals surface area contributed by atoms with E-state index in [0.29, 0.717) is 12.6 Å². The van der Waals surface area contributed by atoms with Crippen molar-refractivity contribution < 1.29 is 9.90 Å². The zero-order valence-electron chi connectivity index (χ0n) is 13.1. The largest absolute Gasteiger partial charge is 0.387 e. The molecule has 2 heterocycles. The Hall–Kier alpha value is -0.910. The van der Waals surface area contributed by atoms with E-state index in [2.05, 4.69) is 5.32 Å². The lowest BCUT2D eigenvalue weighted by Crippen LogP contribution is -2.48. The zero-order valence-corrected chi connectivity index (χ0v) is 13.9. The van der Waals surface area contributed by atoms with Crippen LogP contribution in [0.5, 0.6) is 0 Å². The van der Waals surface area contributed by atoms with E-state index in [1.165, 1.54) is 0 Å². The van der Waals surface area contributed by atoms with Crippen LogP contribution in [0.3, 0.4) is 0 Å².